The number of anilines is 2. The molecule has 1 heterocycles. The fourth-order valence-electron chi connectivity index (χ4n) is 2.97. The summed E-state index contributed by atoms with van der Waals surface area (Å²) in [7, 11) is 0. The zero-order valence-corrected chi connectivity index (χ0v) is 13.3. The monoisotopic (exact) mass is 325 g/mol. The van der Waals surface area contributed by atoms with Gasteiger partial charge < -0.3 is 10.2 Å². The highest BCUT2D eigenvalue weighted by Crippen LogP contribution is 2.24. The Balaban J connectivity index is 1.69. The number of para-hydroxylation sites is 1. The Bertz CT molecular complexity index is 755. The number of nitro benzene ring substituents is 1. The second kappa shape index (κ2) is 7.12. The predicted molar refractivity (Wildman–Crippen MR) is 93.3 cm³/mol. The topological polar surface area (TPSA) is 75.5 Å². The fourth-order valence-corrected chi connectivity index (χ4v) is 2.97. The number of rotatable bonds is 5. The van der Waals surface area contributed by atoms with E-state index >= 15 is 0 Å². The maximum Gasteiger partial charge on any atom is 0.273 e. The lowest BCUT2D eigenvalue weighted by molar-refractivity contribution is -0.385. The Labute approximate surface area is 140 Å². The van der Waals surface area contributed by atoms with Gasteiger partial charge in [0.25, 0.3) is 5.69 Å². The van der Waals surface area contributed by atoms with Crippen LogP contribution in [0.5, 0.6) is 0 Å². The molecule has 0 aliphatic carbocycles. The molecule has 0 spiro atoms. The second-order valence-electron chi connectivity index (χ2n) is 5.86. The minimum absolute atomic E-state index is 0.0227. The van der Waals surface area contributed by atoms with Crippen molar-refractivity contribution < 1.29 is 9.72 Å². The number of nitro groups is 1. The van der Waals surface area contributed by atoms with E-state index in [2.05, 4.69) is 10.2 Å². The molecular formula is C18H19N3O3. The maximum absolute atomic E-state index is 12.2. The number of benzene rings is 2. The van der Waals surface area contributed by atoms with Crippen LogP contribution in [0.4, 0.5) is 17.1 Å². The molecule has 1 aliphatic heterocycles. The van der Waals surface area contributed by atoms with Crippen LogP contribution < -0.4 is 10.2 Å². The van der Waals surface area contributed by atoms with Crippen LogP contribution in [0.3, 0.4) is 0 Å². The number of hydrogen-bond donors (Lipinski definition) is 1. The average Bonchev–Trinajstić information content (AvgIpc) is 3.10. The Morgan fingerprint density at radius 3 is 2.62 bits per heavy atom. The van der Waals surface area contributed by atoms with Gasteiger partial charge in [-0.05, 0) is 31.0 Å². The van der Waals surface area contributed by atoms with E-state index in [9.17, 15) is 14.9 Å². The summed E-state index contributed by atoms with van der Waals surface area (Å²) in [6.07, 6.45) is 2.35. The molecule has 1 N–H and O–H groups in total. The molecule has 2 aromatic carbocycles. The smallest absolute Gasteiger partial charge is 0.273 e. The molecule has 0 unspecified atom stereocenters. The molecule has 1 amide bonds. The first kappa shape index (κ1) is 16.0. The molecule has 1 saturated heterocycles. The first-order valence-corrected chi connectivity index (χ1v) is 8.00. The van der Waals surface area contributed by atoms with Crippen molar-refractivity contribution in [3.8, 4) is 0 Å². The first-order chi connectivity index (χ1) is 11.6. The number of nitrogens with one attached hydrogen (secondary N) is 1. The summed E-state index contributed by atoms with van der Waals surface area (Å²) in [6, 6.07) is 14.0. The van der Waals surface area contributed by atoms with Gasteiger partial charge in [0.05, 0.1) is 11.3 Å². The SMILES string of the molecule is O=C(Cc1ccccc1[N+](=O)[O-])Nc1cccc(N2CCCC2)c1. The van der Waals surface area contributed by atoms with Gasteiger partial charge in [0, 0.05) is 36.1 Å². The minimum atomic E-state index is -0.462. The zero-order chi connectivity index (χ0) is 16.9. The summed E-state index contributed by atoms with van der Waals surface area (Å²) in [5, 5.41) is 13.9. The van der Waals surface area contributed by atoms with Gasteiger partial charge in [-0.15, -0.1) is 0 Å². The van der Waals surface area contributed by atoms with E-state index in [1.54, 1.807) is 18.2 Å². The summed E-state index contributed by atoms with van der Waals surface area (Å²) in [5.41, 5.74) is 2.19. The standard InChI is InChI=1S/C18H19N3O3/c22-18(12-14-6-1-2-9-17(14)21(23)24)19-15-7-5-8-16(13-15)20-10-3-4-11-20/h1-2,5-9,13H,3-4,10-12H2,(H,19,22). The molecular weight excluding hydrogens is 306 g/mol. The van der Waals surface area contributed by atoms with Gasteiger partial charge in [-0.2, -0.15) is 0 Å². The van der Waals surface area contributed by atoms with Gasteiger partial charge >= 0.3 is 0 Å². The van der Waals surface area contributed by atoms with Crippen molar-refractivity contribution in [2.45, 2.75) is 19.3 Å². The van der Waals surface area contributed by atoms with E-state index < -0.39 is 4.92 Å². The number of hydrogen-bond acceptors (Lipinski definition) is 4. The Kier molecular flexibility index (Phi) is 4.74. The van der Waals surface area contributed by atoms with Gasteiger partial charge in [-0.3, -0.25) is 14.9 Å². The minimum Gasteiger partial charge on any atom is -0.371 e. The quantitative estimate of drug-likeness (QED) is 0.675. The number of carbonyl (C=O) groups excluding carboxylic acids is 1. The lowest BCUT2D eigenvalue weighted by atomic mass is 10.1. The van der Waals surface area contributed by atoms with Crippen molar-refractivity contribution in [2.24, 2.45) is 0 Å². The van der Waals surface area contributed by atoms with Crippen LogP contribution in [0.1, 0.15) is 18.4 Å². The lowest BCUT2D eigenvalue weighted by Crippen LogP contribution is -2.18. The largest absolute Gasteiger partial charge is 0.371 e. The maximum atomic E-state index is 12.2. The van der Waals surface area contributed by atoms with E-state index in [1.165, 1.54) is 18.9 Å². The van der Waals surface area contributed by atoms with Crippen molar-refractivity contribution in [1.29, 1.82) is 0 Å². The number of nitrogens with zero attached hydrogens (tertiary/aromatic N) is 2. The van der Waals surface area contributed by atoms with Gasteiger partial charge in [0.2, 0.25) is 5.91 Å². The molecule has 24 heavy (non-hydrogen) atoms. The summed E-state index contributed by atoms with van der Waals surface area (Å²) in [5.74, 6) is -0.261. The molecule has 6 heteroatoms. The van der Waals surface area contributed by atoms with Crippen LogP contribution in [0, 0.1) is 10.1 Å². The first-order valence-electron chi connectivity index (χ1n) is 8.00. The van der Waals surface area contributed by atoms with Crippen LogP contribution in [0.2, 0.25) is 0 Å². The average molecular weight is 325 g/mol. The number of amides is 1. The third-order valence-electron chi connectivity index (χ3n) is 4.14. The molecule has 124 valence electrons. The Morgan fingerprint density at radius 2 is 1.88 bits per heavy atom. The molecule has 0 saturated carbocycles. The molecule has 0 atom stereocenters. The van der Waals surface area contributed by atoms with Gasteiger partial charge in [-0.1, -0.05) is 24.3 Å². The van der Waals surface area contributed by atoms with Crippen LogP contribution in [-0.4, -0.2) is 23.9 Å². The van der Waals surface area contributed by atoms with Gasteiger partial charge in [0.15, 0.2) is 0 Å². The second-order valence-corrected chi connectivity index (χ2v) is 5.86. The van der Waals surface area contributed by atoms with Gasteiger partial charge in [0.1, 0.15) is 0 Å². The van der Waals surface area contributed by atoms with E-state index in [0.717, 1.165) is 18.8 Å². The zero-order valence-electron chi connectivity index (χ0n) is 13.3. The van der Waals surface area contributed by atoms with Crippen molar-refractivity contribution in [1.82, 2.24) is 0 Å². The molecule has 3 rings (SSSR count). The summed E-state index contributed by atoms with van der Waals surface area (Å²) in [6.45, 7) is 2.07. The molecule has 0 radical (unpaired) electrons. The van der Waals surface area contributed by atoms with Crippen molar-refractivity contribution in [3.05, 3.63) is 64.2 Å². The molecule has 0 aromatic heterocycles. The molecule has 0 bridgehead atoms. The van der Waals surface area contributed by atoms with Crippen molar-refractivity contribution in [3.63, 3.8) is 0 Å². The highest BCUT2D eigenvalue weighted by molar-refractivity contribution is 5.93. The Morgan fingerprint density at radius 1 is 1.12 bits per heavy atom. The van der Waals surface area contributed by atoms with E-state index in [0.29, 0.717) is 11.3 Å². The normalized spacial score (nSPS) is 13.8. The molecule has 1 aliphatic rings. The highest BCUT2D eigenvalue weighted by Gasteiger charge is 2.16. The molecule has 1 fully saturated rings. The summed E-state index contributed by atoms with van der Waals surface area (Å²) < 4.78 is 0. The van der Waals surface area contributed by atoms with Crippen LogP contribution in [0.15, 0.2) is 48.5 Å². The van der Waals surface area contributed by atoms with Gasteiger partial charge in [-0.25, -0.2) is 0 Å². The van der Waals surface area contributed by atoms with Crippen LogP contribution in [-0.2, 0) is 11.2 Å². The Hall–Kier alpha value is -2.89. The van der Waals surface area contributed by atoms with Crippen molar-refractivity contribution >= 4 is 23.0 Å². The molecule has 6 nitrogen and oxygen atoms in total. The molecule has 2 aromatic rings. The third-order valence-corrected chi connectivity index (χ3v) is 4.14. The highest BCUT2D eigenvalue weighted by atomic mass is 16.6. The van der Waals surface area contributed by atoms with Crippen LogP contribution >= 0.6 is 0 Å². The van der Waals surface area contributed by atoms with E-state index in [4.69, 9.17) is 0 Å². The van der Waals surface area contributed by atoms with Crippen molar-refractivity contribution in [2.75, 3.05) is 23.3 Å². The van der Waals surface area contributed by atoms with Crippen LogP contribution in [0.25, 0.3) is 0 Å². The summed E-state index contributed by atoms with van der Waals surface area (Å²) >= 11 is 0. The summed E-state index contributed by atoms with van der Waals surface area (Å²) in [4.78, 5) is 25.1. The van der Waals surface area contributed by atoms with E-state index in [1.807, 2.05) is 24.3 Å². The van der Waals surface area contributed by atoms with E-state index in [-0.39, 0.29) is 18.0 Å². The predicted octanol–water partition coefficient (Wildman–Crippen LogP) is 3.38. The third kappa shape index (κ3) is 3.71. The lowest BCUT2D eigenvalue weighted by Gasteiger charge is -2.18. The number of carbonyl (C=O) groups is 1. The fraction of sp³-hybridized carbons (Fsp3) is 0.278.